The van der Waals surface area contributed by atoms with E-state index in [2.05, 4.69) is 0 Å². The number of fused-ring (bicyclic) bond motifs is 2. The molecule has 0 radical (unpaired) electrons. The molecule has 7 nitrogen and oxygen atoms in total. The van der Waals surface area contributed by atoms with Crippen LogP contribution in [0.25, 0.3) is 44.3 Å². The molecule has 3 rings (SSSR count). The fraction of sp³-hybridized carbons (Fsp3) is 0. The Balaban J connectivity index is 2.94. The normalized spacial score (nSPS) is 9.84. The van der Waals surface area contributed by atoms with Crippen molar-refractivity contribution in [1.82, 2.24) is 0 Å². The maximum Gasteiger partial charge on any atom is 0.137 e. The highest BCUT2D eigenvalue weighted by Crippen LogP contribution is 2.16. The minimum absolute atomic E-state index is 0.151. The van der Waals surface area contributed by atoms with Gasteiger partial charge in [0.2, 0.25) is 0 Å². The maximum atomic E-state index is 9.41. The third-order valence-electron chi connectivity index (χ3n) is 4.88. The first kappa shape index (κ1) is 20.8. The molecule has 3 aromatic rings. The van der Waals surface area contributed by atoms with Gasteiger partial charge < -0.3 is 0 Å². The third-order valence-corrected chi connectivity index (χ3v) is 4.88. The van der Waals surface area contributed by atoms with Gasteiger partial charge in [-0.05, 0) is 38.9 Å². The van der Waals surface area contributed by atoms with Gasteiger partial charge in [-0.1, -0.05) is 24.3 Å². The van der Waals surface area contributed by atoms with Crippen molar-refractivity contribution in [1.29, 1.82) is 36.8 Å². The largest absolute Gasteiger partial charge is 0.193 e. The zero-order chi connectivity index (χ0) is 23.3. The summed E-state index contributed by atoms with van der Waals surface area (Å²) in [7, 11) is 0. The second-order valence-electron chi connectivity index (χ2n) is 6.38. The Bertz CT molecular complexity index is 1850. The summed E-state index contributed by atoms with van der Waals surface area (Å²) in [5.74, 6) is 0. The second-order valence-corrected chi connectivity index (χ2v) is 6.38. The van der Waals surface area contributed by atoms with Gasteiger partial charge in [0.1, 0.15) is 53.1 Å². The van der Waals surface area contributed by atoms with Gasteiger partial charge in [-0.15, -0.1) is 0 Å². The lowest BCUT2D eigenvalue weighted by atomic mass is 9.94. The van der Waals surface area contributed by atoms with E-state index in [1.54, 1.807) is 24.3 Å². The van der Waals surface area contributed by atoms with Crippen LogP contribution in [0.3, 0.4) is 0 Å². The molecule has 0 amide bonds. The second kappa shape index (κ2) is 8.62. The van der Waals surface area contributed by atoms with Crippen molar-refractivity contribution in [2.45, 2.75) is 0 Å². The Morgan fingerprint density at radius 3 is 1.22 bits per heavy atom. The molecular weight excluding hydrogens is 398 g/mol. The fourth-order valence-corrected chi connectivity index (χ4v) is 3.49. The van der Waals surface area contributed by atoms with E-state index in [1.807, 2.05) is 42.5 Å². The molecule has 0 atom stereocenters. The lowest BCUT2D eigenvalue weighted by molar-refractivity contribution is 1.48. The molecule has 7 heteroatoms. The van der Waals surface area contributed by atoms with E-state index < -0.39 is 0 Å². The number of nitriles is 7. The highest BCUT2D eigenvalue weighted by molar-refractivity contribution is 6.03. The predicted octanol–water partition coefficient (Wildman–Crippen LogP) is 0.891. The van der Waals surface area contributed by atoms with E-state index in [4.69, 9.17) is 0 Å². The smallest absolute Gasteiger partial charge is 0.137 e. The van der Waals surface area contributed by atoms with Crippen LogP contribution in [-0.2, 0) is 0 Å². The monoisotopic (exact) mass is 405 g/mol. The Kier molecular flexibility index (Phi) is 5.61. The highest BCUT2D eigenvalue weighted by Gasteiger charge is 2.10. The lowest BCUT2D eigenvalue weighted by Crippen LogP contribution is -2.18. The molecule has 142 valence electrons. The van der Waals surface area contributed by atoms with Gasteiger partial charge >= 0.3 is 0 Å². The first-order chi connectivity index (χ1) is 15.6. The standard InChI is InChI=1S/C25H7N7/c26-6-5-15-1-2-19(16(9-27)10-28)23-8-25-21(18(13-31)14-32)4-3-20(17(11-29)12-30)24(25)7-22(15)23/h1-5,7-8H/b15-5-. The topological polar surface area (TPSA) is 167 Å². The Labute approximate surface area is 181 Å². The maximum absolute atomic E-state index is 9.41. The first-order valence-corrected chi connectivity index (χ1v) is 8.87. The molecule has 0 saturated heterocycles. The molecule has 0 aliphatic heterocycles. The molecule has 32 heavy (non-hydrogen) atoms. The molecule has 0 aliphatic rings. The summed E-state index contributed by atoms with van der Waals surface area (Å²) >= 11 is 0. The van der Waals surface area contributed by atoms with E-state index in [0.717, 1.165) is 0 Å². The summed E-state index contributed by atoms with van der Waals surface area (Å²) in [6, 6.07) is 22.3. The molecule has 0 fully saturated rings. The van der Waals surface area contributed by atoms with Crippen molar-refractivity contribution in [2.24, 2.45) is 0 Å². The van der Waals surface area contributed by atoms with E-state index in [9.17, 15) is 36.8 Å². The van der Waals surface area contributed by atoms with E-state index >= 15 is 0 Å². The quantitative estimate of drug-likeness (QED) is 0.500. The lowest BCUT2D eigenvalue weighted by Gasteiger charge is -2.07. The molecule has 0 aliphatic carbocycles. The van der Waals surface area contributed by atoms with E-state index in [1.165, 1.54) is 18.2 Å². The number of benzene rings is 3. The number of rotatable bonds is 0. The Morgan fingerprint density at radius 2 is 0.844 bits per heavy atom. The fourth-order valence-electron chi connectivity index (χ4n) is 3.49. The molecule has 0 heterocycles. The van der Waals surface area contributed by atoms with E-state index in [0.29, 0.717) is 37.2 Å². The molecule has 0 saturated carbocycles. The minimum Gasteiger partial charge on any atom is -0.193 e. The Hall–Kier alpha value is -5.91. The SMILES string of the molecule is N#C/C=c1/ccc(=C(C#N)C#N)c2cc3c(=C(C#N)C#N)ccc(=C(C#N)C#N)c3cc12. The van der Waals surface area contributed by atoms with Crippen LogP contribution in [0.1, 0.15) is 0 Å². The minimum atomic E-state index is -0.178. The average molecular weight is 405 g/mol. The summed E-state index contributed by atoms with van der Waals surface area (Å²) in [4.78, 5) is 0. The van der Waals surface area contributed by atoms with Crippen LogP contribution >= 0.6 is 0 Å². The van der Waals surface area contributed by atoms with Gasteiger partial charge in [0, 0.05) is 21.7 Å². The van der Waals surface area contributed by atoms with Crippen molar-refractivity contribution in [3.05, 3.63) is 57.3 Å². The van der Waals surface area contributed by atoms with Gasteiger partial charge in [0.25, 0.3) is 0 Å². The first-order valence-electron chi connectivity index (χ1n) is 8.87. The van der Waals surface area contributed by atoms with Crippen molar-refractivity contribution >= 4 is 44.3 Å². The van der Waals surface area contributed by atoms with Crippen molar-refractivity contribution in [3.63, 3.8) is 0 Å². The third kappa shape index (κ3) is 3.23. The van der Waals surface area contributed by atoms with Gasteiger partial charge in [0.05, 0.1) is 6.07 Å². The van der Waals surface area contributed by atoms with Gasteiger partial charge in [0.15, 0.2) is 0 Å². The van der Waals surface area contributed by atoms with Gasteiger partial charge in [-0.2, -0.15) is 36.8 Å². The highest BCUT2D eigenvalue weighted by atomic mass is 14.3. The Morgan fingerprint density at radius 1 is 0.500 bits per heavy atom. The van der Waals surface area contributed by atoms with E-state index in [-0.39, 0.29) is 21.9 Å². The van der Waals surface area contributed by atoms with Crippen LogP contribution < -0.4 is 20.9 Å². The van der Waals surface area contributed by atoms with Gasteiger partial charge in [-0.3, -0.25) is 0 Å². The van der Waals surface area contributed by atoms with Crippen LogP contribution in [-0.4, -0.2) is 0 Å². The summed E-state index contributed by atoms with van der Waals surface area (Å²) in [6.45, 7) is 0. The molecule has 0 unspecified atom stereocenters. The van der Waals surface area contributed by atoms with Crippen LogP contribution in [0.5, 0.6) is 0 Å². The zero-order valence-electron chi connectivity index (χ0n) is 16.2. The van der Waals surface area contributed by atoms with Crippen LogP contribution in [0.4, 0.5) is 0 Å². The number of hydrogen-bond donors (Lipinski definition) is 0. The zero-order valence-corrected chi connectivity index (χ0v) is 16.2. The predicted molar refractivity (Wildman–Crippen MR) is 114 cm³/mol. The summed E-state index contributed by atoms with van der Waals surface area (Å²) in [5.41, 5.74) is -0.497. The molecule has 0 bridgehead atoms. The van der Waals surface area contributed by atoms with Crippen LogP contribution in [0.15, 0.2) is 36.4 Å². The average Bonchev–Trinajstić information content (AvgIpc) is 2.82. The van der Waals surface area contributed by atoms with Crippen molar-refractivity contribution in [3.8, 4) is 42.5 Å². The molecule has 0 spiro atoms. The van der Waals surface area contributed by atoms with Crippen molar-refractivity contribution < 1.29 is 0 Å². The number of nitrogens with zero attached hydrogens (tertiary/aromatic N) is 7. The van der Waals surface area contributed by atoms with Gasteiger partial charge in [-0.25, -0.2) is 0 Å². The molecular formula is C25H7N7. The summed E-state index contributed by atoms with van der Waals surface area (Å²) in [5, 5.41) is 68.7. The van der Waals surface area contributed by atoms with Crippen LogP contribution in [0.2, 0.25) is 0 Å². The van der Waals surface area contributed by atoms with Crippen LogP contribution in [0, 0.1) is 79.3 Å². The molecule has 0 N–H and O–H groups in total. The number of hydrogen-bond acceptors (Lipinski definition) is 7. The summed E-state index contributed by atoms with van der Waals surface area (Å²) < 4.78 is 0. The molecule has 0 aromatic heterocycles. The van der Waals surface area contributed by atoms with Crippen molar-refractivity contribution in [2.75, 3.05) is 0 Å². The summed E-state index contributed by atoms with van der Waals surface area (Å²) in [6.07, 6.45) is 1.29. The molecule has 3 aromatic carbocycles.